The van der Waals surface area contributed by atoms with Crippen molar-refractivity contribution in [1.29, 1.82) is 0 Å². The average Bonchev–Trinajstić information content (AvgIpc) is 3.32. The molecule has 0 spiro atoms. The van der Waals surface area contributed by atoms with Gasteiger partial charge in [-0.05, 0) is 84.3 Å². The van der Waals surface area contributed by atoms with E-state index in [0.29, 0.717) is 75.3 Å². The number of alkyl carbamates (subject to hydrolysis) is 1. The Balaban J connectivity index is 0.000000233. The van der Waals surface area contributed by atoms with E-state index in [-0.39, 0.29) is 71.6 Å². The Morgan fingerprint density at radius 1 is 0.778 bits per heavy atom. The van der Waals surface area contributed by atoms with Gasteiger partial charge in [0.2, 0.25) is 18.0 Å². The predicted molar refractivity (Wildman–Crippen MR) is 255 cm³/mol. The molecule has 6 aliphatic rings. The van der Waals surface area contributed by atoms with E-state index >= 15 is 0 Å². The van der Waals surface area contributed by atoms with Crippen molar-refractivity contribution in [2.24, 2.45) is 5.73 Å². The molecule has 24 heteroatoms. The molecule has 2 unspecified atom stereocenters. The van der Waals surface area contributed by atoms with Gasteiger partial charge in [-0.15, -0.1) is 23.2 Å². The molecular weight excluding hydrogens is 1000 g/mol. The van der Waals surface area contributed by atoms with Gasteiger partial charge in [-0.1, -0.05) is 0 Å². The van der Waals surface area contributed by atoms with Gasteiger partial charge in [-0.3, -0.25) is 14.8 Å². The van der Waals surface area contributed by atoms with Gasteiger partial charge in [0.25, 0.3) is 0 Å². The Morgan fingerprint density at radius 3 is 1.54 bits per heavy atom. The molecule has 6 fully saturated rings. The fourth-order valence-electron chi connectivity index (χ4n) is 9.04. The van der Waals surface area contributed by atoms with Gasteiger partial charge in [-0.25, -0.2) is 23.5 Å². The summed E-state index contributed by atoms with van der Waals surface area (Å²) in [5.74, 6) is -0.667. The van der Waals surface area contributed by atoms with Crippen LogP contribution in [0.4, 0.5) is 26.7 Å². The van der Waals surface area contributed by atoms with Crippen LogP contribution in [0.5, 0.6) is 11.8 Å². The molecule has 4 aliphatic heterocycles. The Morgan fingerprint density at radius 2 is 1.19 bits per heavy atom. The van der Waals surface area contributed by atoms with Crippen molar-refractivity contribution in [1.82, 2.24) is 25.3 Å². The standard InChI is InChI=1S/C25H34FN3O6.C20H26FN3O4.C2HF3O.CH2Cl2/c1-23(2,3)35-22(32)29-24-7-9-25(10-8-24,34-15-24)13-18(31)20-16(26)14-27-17-5-6-19(28-21(17)20)33-12-4-11-30;21-13-11-23-14-2-3-16(27-9-1-8-25)24-18(14)17(13)15(26)10-20-6-4-19(22,5-7-20)12-28-20;3-2(4,5)1-6;2-1-3/h5-6,14,18,30-31H,4,7-13,15H2,1-3H3,(H,29,32);2-3,11,15,25-26H,1,4-10,12,22H2;1H;1H2. The van der Waals surface area contributed by atoms with E-state index in [9.17, 15) is 37.0 Å². The van der Waals surface area contributed by atoms with E-state index in [4.69, 9.17) is 67.6 Å². The molecule has 1 amide bonds. The molecule has 8 heterocycles. The Labute approximate surface area is 423 Å². The van der Waals surface area contributed by atoms with Gasteiger partial charge in [0.15, 0.2) is 0 Å². The Kier molecular flexibility index (Phi) is 20.5. The highest BCUT2D eigenvalue weighted by Gasteiger charge is 2.52. The van der Waals surface area contributed by atoms with Crippen molar-refractivity contribution in [3.63, 3.8) is 0 Å². The van der Waals surface area contributed by atoms with Crippen molar-refractivity contribution in [2.45, 2.75) is 144 Å². The number of amides is 1. The lowest BCUT2D eigenvalue weighted by molar-refractivity contribution is -0.175. The molecule has 17 nitrogen and oxygen atoms in total. The molecule has 7 N–H and O–H groups in total. The molecule has 4 aromatic rings. The molecule has 0 aromatic carbocycles. The van der Waals surface area contributed by atoms with E-state index in [0.717, 1.165) is 38.1 Å². The highest BCUT2D eigenvalue weighted by Crippen LogP contribution is 2.49. The van der Waals surface area contributed by atoms with E-state index in [1.807, 2.05) is 20.8 Å². The molecule has 72 heavy (non-hydrogen) atoms. The number of aldehydes is 1. The first kappa shape index (κ1) is 58.5. The first-order valence-electron chi connectivity index (χ1n) is 23.4. The van der Waals surface area contributed by atoms with Gasteiger partial charge in [-0.2, -0.15) is 13.2 Å². The second-order valence-electron chi connectivity index (χ2n) is 19.3. The highest BCUT2D eigenvalue weighted by atomic mass is 35.5. The fourth-order valence-corrected chi connectivity index (χ4v) is 9.04. The fraction of sp³-hybridized carbons (Fsp3) is 0.625. The number of ether oxygens (including phenoxy) is 5. The number of aliphatic hydroxyl groups is 4. The molecule has 2 aliphatic carbocycles. The zero-order valence-electron chi connectivity index (χ0n) is 40.3. The zero-order chi connectivity index (χ0) is 53.0. The van der Waals surface area contributed by atoms with Crippen LogP contribution in [0.25, 0.3) is 22.1 Å². The summed E-state index contributed by atoms with van der Waals surface area (Å²) in [5, 5.41) is 43.1. The summed E-state index contributed by atoms with van der Waals surface area (Å²) in [7, 11) is 0. The summed E-state index contributed by atoms with van der Waals surface area (Å²) < 4.78 is 89.4. The van der Waals surface area contributed by atoms with Crippen molar-refractivity contribution in [3.8, 4) is 11.8 Å². The van der Waals surface area contributed by atoms with Crippen molar-refractivity contribution >= 4 is 57.6 Å². The van der Waals surface area contributed by atoms with Crippen molar-refractivity contribution in [3.05, 3.63) is 59.4 Å². The summed E-state index contributed by atoms with van der Waals surface area (Å²) in [5.41, 5.74) is 5.46. The van der Waals surface area contributed by atoms with Crippen LogP contribution in [0.2, 0.25) is 0 Å². The number of nitrogens with zero attached hydrogens (tertiary/aromatic N) is 4. The quantitative estimate of drug-likeness (QED) is 0.0288. The third kappa shape index (κ3) is 16.1. The van der Waals surface area contributed by atoms with Crippen LogP contribution >= 0.6 is 23.2 Å². The molecular formula is C48H63Cl2F5N6O11. The van der Waals surface area contributed by atoms with Gasteiger partial charge >= 0.3 is 12.3 Å². The summed E-state index contributed by atoms with van der Waals surface area (Å²) in [6.45, 7) is 6.80. The van der Waals surface area contributed by atoms with E-state index in [1.54, 1.807) is 24.3 Å². The predicted octanol–water partition coefficient (Wildman–Crippen LogP) is 7.72. The van der Waals surface area contributed by atoms with Crippen LogP contribution in [-0.4, -0.2) is 132 Å². The second kappa shape index (κ2) is 25.2. The number of nitrogens with two attached hydrogens (primary N) is 1. The highest BCUT2D eigenvalue weighted by molar-refractivity contribution is 6.40. The van der Waals surface area contributed by atoms with Crippen LogP contribution in [-0.2, 0) is 19.0 Å². The monoisotopic (exact) mass is 1060 g/mol. The van der Waals surface area contributed by atoms with Crippen LogP contribution in [0.15, 0.2) is 36.7 Å². The third-order valence-corrected chi connectivity index (χ3v) is 12.8. The minimum atomic E-state index is -4.64. The number of carbonyl (C=O) groups excluding carboxylic acids is 2. The summed E-state index contributed by atoms with van der Waals surface area (Å²) >= 11 is 9.53. The van der Waals surface area contributed by atoms with Gasteiger partial charge < -0.3 is 55.2 Å². The number of alkyl halides is 5. The van der Waals surface area contributed by atoms with Gasteiger partial charge in [0, 0.05) is 67.7 Å². The molecule has 4 bridgehead atoms. The topological polar surface area (TPSA) is 251 Å². The maximum absolute atomic E-state index is 14.9. The lowest BCUT2D eigenvalue weighted by Gasteiger charge is -2.53. The lowest BCUT2D eigenvalue weighted by Crippen LogP contribution is -2.63. The summed E-state index contributed by atoms with van der Waals surface area (Å²) in [6.07, 6.45) is 1.00. The first-order chi connectivity index (χ1) is 33.9. The Hall–Kier alpha value is -4.39. The number of pyridine rings is 4. The van der Waals surface area contributed by atoms with E-state index in [2.05, 4.69) is 25.3 Å². The number of fused-ring (bicyclic) bond motifs is 8. The molecule has 2 atom stereocenters. The van der Waals surface area contributed by atoms with Crippen LogP contribution in [0.3, 0.4) is 0 Å². The van der Waals surface area contributed by atoms with E-state index < -0.39 is 64.7 Å². The van der Waals surface area contributed by atoms with Crippen LogP contribution < -0.4 is 20.5 Å². The minimum absolute atomic E-state index is 0.00953. The number of aliphatic hydroxyl groups excluding tert-OH is 4. The van der Waals surface area contributed by atoms with Gasteiger partial charge in [0.05, 0.1) is 84.1 Å². The molecule has 4 saturated heterocycles. The summed E-state index contributed by atoms with van der Waals surface area (Å²) in [6, 6.07) is 6.62. The van der Waals surface area contributed by atoms with Crippen LogP contribution in [0, 0.1) is 11.6 Å². The molecule has 4 aromatic heterocycles. The number of carbonyl (C=O) groups is 2. The SMILES string of the molecule is CC(C)(C)OC(=O)NC12CCC(CC(O)c3c(F)cnc4ccc(OCCCO)nc34)(CC1)OC2.ClCCl.NC12CCC(CC(O)c3c(F)cnc4ccc(OCCCO)nc34)(CC1)OC2.O=CC(F)(F)F. The normalized spacial score (nSPS) is 24.1. The Bertz CT molecular complexity index is 2390. The number of hydrogen-bond acceptors (Lipinski definition) is 16. The maximum Gasteiger partial charge on any atom is 0.446 e. The average molecular weight is 1070 g/mol. The smallest absolute Gasteiger partial charge is 0.446 e. The van der Waals surface area contributed by atoms with Crippen molar-refractivity contribution in [2.75, 3.05) is 45.0 Å². The largest absolute Gasteiger partial charge is 0.478 e. The minimum Gasteiger partial charge on any atom is -0.478 e. The molecule has 10 rings (SSSR count). The lowest BCUT2D eigenvalue weighted by atomic mass is 9.69. The molecule has 400 valence electrons. The number of rotatable bonds is 15. The zero-order valence-corrected chi connectivity index (χ0v) is 41.8. The number of aromatic nitrogens is 4. The third-order valence-electron chi connectivity index (χ3n) is 12.8. The van der Waals surface area contributed by atoms with E-state index in [1.165, 1.54) is 0 Å². The van der Waals surface area contributed by atoms with Crippen molar-refractivity contribution < 1.29 is 75.7 Å². The number of hydrogen-bond donors (Lipinski definition) is 6. The van der Waals surface area contributed by atoms with Crippen LogP contribution in [0.1, 0.15) is 121 Å². The van der Waals surface area contributed by atoms with Gasteiger partial charge in [0.1, 0.15) is 28.3 Å². The number of nitrogens with one attached hydrogen (secondary N) is 1. The summed E-state index contributed by atoms with van der Waals surface area (Å²) in [4.78, 5) is 37.9. The number of halogens is 7. The second-order valence-corrected chi connectivity index (χ2v) is 20.1. The molecule has 0 radical (unpaired) electrons. The maximum atomic E-state index is 14.9. The molecule has 2 saturated carbocycles. The first-order valence-corrected chi connectivity index (χ1v) is 24.5.